The number of aromatic nitrogens is 1. The molecule has 374 valence electrons. The minimum absolute atomic E-state index is 0.0275. The third kappa shape index (κ3) is 7.82. The van der Waals surface area contributed by atoms with Crippen LogP contribution in [0.3, 0.4) is 0 Å². The van der Waals surface area contributed by atoms with Gasteiger partial charge in [0, 0.05) is 60.7 Å². The Morgan fingerprint density at radius 1 is 0.455 bits per heavy atom. The predicted molar refractivity (Wildman–Crippen MR) is 328 cm³/mol. The molecule has 0 saturated heterocycles. The Balaban J connectivity index is 0.926. The highest BCUT2D eigenvalue weighted by Gasteiger charge is 2.32. The van der Waals surface area contributed by atoms with E-state index < -0.39 is 0 Å². The summed E-state index contributed by atoms with van der Waals surface area (Å²) in [5.41, 5.74) is 25.1. The summed E-state index contributed by atoms with van der Waals surface area (Å²) < 4.78 is 10.9. The van der Waals surface area contributed by atoms with Crippen LogP contribution in [0.4, 0.5) is 17.1 Å². The minimum Gasteiger partial charge on any atom is -0.439 e. The summed E-state index contributed by atoms with van der Waals surface area (Å²) >= 11 is 1.83. The standard InChI is InChI=1S/C72H59N3OS/c1-71(2,3)52-30-25-49(26-31-52)63(48-23-21-46(22-24-48)44-15-9-7-10-16-44)67(73)58-39-40-59-64-60-42-50-29-36-56(41-51(50)43-61(60)76-69(64)75-68(59)65(58)66-57-19-13-14-20-62(57)77-70(66)75)74(55-37-32-53(33-38-55)72(4,5)6)54-34-27-47(28-35-54)45-17-11-8-12-18-45/h7-43,63,67H,73H2,1-6H3/t63?,67-/m1/s1. The second-order valence-electron chi connectivity index (χ2n) is 23.1. The molecule has 0 aliphatic rings. The molecule has 14 rings (SSSR count). The zero-order valence-electron chi connectivity index (χ0n) is 44.3. The summed E-state index contributed by atoms with van der Waals surface area (Å²) in [4.78, 5) is 3.54. The number of hydrogen-bond acceptors (Lipinski definition) is 4. The smallest absolute Gasteiger partial charge is 0.214 e. The van der Waals surface area contributed by atoms with E-state index in [9.17, 15) is 0 Å². The third-order valence-corrected chi connectivity index (χ3v) is 17.4. The molecule has 0 radical (unpaired) electrons. The number of nitrogens with two attached hydrogens (primary N) is 1. The quantitative estimate of drug-likeness (QED) is 0.157. The maximum absolute atomic E-state index is 7.89. The molecule has 4 aromatic heterocycles. The summed E-state index contributed by atoms with van der Waals surface area (Å²) in [5, 5.41) is 9.38. The second kappa shape index (κ2) is 17.8. The number of nitrogens with zero attached hydrogens (tertiary/aromatic N) is 2. The SMILES string of the molecule is CC(C)(C)c1ccc(C(c2ccc(-c3ccccc3)cc2)[C@H](N)c2ccc3c4c5cc6ccc(N(c7ccc(-c8ccccc8)cc7)c7ccc(C(C)(C)C)cc7)cc6cc5oc4n4c5sc6ccccc6c5c2c34)cc1. The fourth-order valence-electron chi connectivity index (χ4n) is 12.2. The molecule has 0 saturated carbocycles. The van der Waals surface area contributed by atoms with E-state index in [1.54, 1.807) is 0 Å². The third-order valence-electron chi connectivity index (χ3n) is 16.3. The first-order valence-electron chi connectivity index (χ1n) is 26.9. The maximum atomic E-state index is 7.89. The Labute approximate surface area is 453 Å². The van der Waals surface area contributed by atoms with Crippen LogP contribution in [0.5, 0.6) is 0 Å². The highest BCUT2D eigenvalue weighted by Crippen LogP contribution is 2.52. The van der Waals surface area contributed by atoms with E-state index in [-0.39, 0.29) is 22.8 Å². The van der Waals surface area contributed by atoms with Crippen LogP contribution >= 0.6 is 11.3 Å². The molecule has 4 nitrogen and oxygen atoms in total. The summed E-state index contributed by atoms with van der Waals surface area (Å²) in [6.45, 7) is 13.6. The normalized spacial score (nSPS) is 13.3. The molecule has 0 aliphatic carbocycles. The van der Waals surface area contributed by atoms with E-state index in [1.165, 1.54) is 81.1 Å². The van der Waals surface area contributed by atoms with Crippen LogP contribution in [0, 0.1) is 0 Å². The van der Waals surface area contributed by atoms with Crippen molar-refractivity contribution in [1.29, 1.82) is 0 Å². The fourth-order valence-corrected chi connectivity index (χ4v) is 13.4. The molecule has 5 heteroatoms. The predicted octanol–water partition coefficient (Wildman–Crippen LogP) is 20.2. The molecule has 14 aromatic rings. The Kier molecular flexibility index (Phi) is 10.9. The molecule has 4 heterocycles. The molecule has 2 atom stereocenters. The van der Waals surface area contributed by atoms with Crippen LogP contribution in [0.25, 0.3) is 91.7 Å². The molecule has 0 fully saturated rings. The zero-order valence-corrected chi connectivity index (χ0v) is 45.1. The lowest BCUT2D eigenvalue weighted by atomic mass is 9.79. The number of anilines is 3. The minimum atomic E-state index is -0.371. The van der Waals surface area contributed by atoms with Crippen LogP contribution in [0.1, 0.15) is 81.3 Å². The van der Waals surface area contributed by atoms with Crippen molar-refractivity contribution in [1.82, 2.24) is 4.40 Å². The van der Waals surface area contributed by atoms with Gasteiger partial charge in [-0.1, -0.05) is 211 Å². The van der Waals surface area contributed by atoms with Gasteiger partial charge in [0.2, 0.25) is 5.71 Å². The fraction of sp³-hybridized carbons (Fsp3) is 0.139. The van der Waals surface area contributed by atoms with E-state index in [0.717, 1.165) is 55.5 Å². The van der Waals surface area contributed by atoms with Gasteiger partial charge >= 0.3 is 0 Å². The first-order chi connectivity index (χ1) is 37.4. The molecular formula is C72H59N3OS. The van der Waals surface area contributed by atoms with Gasteiger partial charge in [0.05, 0.1) is 10.9 Å². The Bertz CT molecular complexity index is 4500. The summed E-state index contributed by atoms with van der Waals surface area (Å²) in [6, 6.07) is 82.0. The van der Waals surface area contributed by atoms with E-state index >= 15 is 0 Å². The molecule has 1 unspecified atom stereocenters. The van der Waals surface area contributed by atoms with Crippen molar-refractivity contribution < 1.29 is 4.42 Å². The van der Waals surface area contributed by atoms with Crippen molar-refractivity contribution in [3.05, 3.63) is 252 Å². The molecule has 0 aliphatic heterocycles. The average Bonchev–Trinajstić information content (AvgIpc) is 4.36. The molecule has 0 amide bonds. The van der Waals surface area contributed by atoms with E-state index in [1.807, 2.05) is 11.3 Å². The first kappa shape index (κ1) is 47.0. The summed E-state index contributed by atoms with van der Waals surface area (Å²) in [5.74, 6) is -0.118. The van der Waals surface area contributed by atoms with Gasteiger partial charge in [0.1, 0.15) is 10.4 Å². The number of benzene rings is 10. The summed E-state index contributed by atoms with van der Waals surface area (Å²) in [6.07, 6.45) is 0. The topological polar surface area (TPSA) is 46.8 Å². The van der Waals surface area contributed by atoms with Crippen LogP contribution in [-0.4, -0.2) is 4.40 Å². The zero-order chi connectivity index (χ0) is 52.3. The molecule has 77 heavy (non-hydrogen) atoms. The maximum Gasteiger partial charge on any atom is 0.214 e. The van der Waals surface area contributed by atoms with E-state index in [0.29, 0.717) is 0 Å². The lowest BCUT2D eigenvalue weighted by Crippen LogP contribution is -2.21. The molecule has 2 N–H and O–H groups in total. The monoisotopic (exact) mass is 1010 g/mol. The number of rotatable bonds is 9. The highest BCUT2D eigenvalue weighted by atomic mass is 32.1. The first-order valence-corrected chi connectivity index (χ1v) is 27.7. The van der Waals surface area contributed by atoms with Crippen LogP contribution < -0.4 is 10.6 Å². The van der Waals surface area contributed by atoms with Crippen LogP contribution in [0.15, 0.2) is 229 Å². The van der Waals surface area contributed by atoms with Gasteiger partial charge in [-0.05, 0) is 126 Å². The number of thiophene rings is 1. The second-order valence-corrected chi connectivity index (χ2v) is 24.1. The van der Waals surface area contributed by atoms with Gasteiger partial charge in [-0.2, -0.15) is 0 Å². The van der Waals surface area contributed by atoms with Gasteiger partial charge in [0.25, 0.3) is 0 Å². The molecular weight excluding hydrogens is 955 g/mol. The van der Waals surface area contributed by atoms with Gasteiger partial charge in [0.15, 0.2) is 0 Å². The molecule has 0 spiro atoms. The van der Waals surface area contributed by atoms with E-state index in [4.69, 9.17) is 10.2 Å². The van der Waals surface area contributed by atoms with Crippen molar-refractivity contribution in [2.24, 2.45) is 5.73 Å². The highest BCUT2D eigenvalue weighted by molar-refractivity contribution is 7.25. The van der Waals surface area contributed by atoms with Crippen molar-refractivity contribution in [3.8, 4) is 22.3 Å². The number of furan rings is 1. The van der Waals surface area contributed by atoms with Crippen molar-refractivity contribution in [2.75, 3.05) is 4.90 Å². The molecule has 10 aromatic carbocycles. The number of hydrogen-bond donors (Lipinski definition) is 1. The van der Waals surface area contributed by atoms with Gasteiger partial charge in [-0.15, -0.1) is 11.3 Å². The van der Waals surface area contributed by atoms with Crippen molar-refractivity contribution in [2.45, 2.75) is 64.3 Å². The van der Waals surface area contributed by atoms with Crippen LogP contribution in [-0.2, 0) is 10.8 Å². The van der Waals surface area contributed by atoms with E-state index in [2.05, 4.69) is 275 Å². The Morgan fingerprint density at radius 2 is 0.987 bits per heavy atom. The Hall–Kier alpha value is -8.48. The molecule has 0 bridgehead atoms. The Morgan fingerprint density at radius 3 is 1.61 bits per heavy atom. The lowest BCUT2D eigenvalue weighted by molar-refractivity contribution is 0.588. The van der Waals surface area contributed by atoms with Crippen molar-refractivity contribution >= 4 is 97.8 Å². The van der Waals surface area contributed by atoms with Gasteiger partial charge in [-0.3, -0.25) is 4.40 Å². The van der Waals surface area contributed by atoms with Gasteiger partial charge < -0.3 is 15.1 Å². The summed E-state index contributed by atoms with van der Waals surface area (Å²) in [7, 11) is 0. The van der Waals surface area contributed by atoms with Crippen LogP contribution in [0.2, 0.25) is 0 Å². The number of fused-ring (bicyclic) bond motifs is 11. The largest absolute Gasteiger partial charge is 0.439 e. The lowest BCUT2D eigenvalue weighted by Gasteiger charge is -2.28. The van der Waals surface area contributed by atoms with Gasteiger partial charge in [-0.25, -0.2) is 0 Å². The van der Waals surface area contributed by atoms with Crippen molar-refractivity contribution in [3.63, 3.8) is 0 Å². The average molecular weight is 1010 g/mol.